The maximum absolute atomic E-state index is 12.0. The maximum atomic E-state index is 12.0. The van der Waals surface area contributed by atoms with E-state index >= 15 is 0 Å². The summed E-state index contributed by atoms with van der Waals surface area (Å²) in [5.74, 6) is 0.167. The summed E-state index contributed by atoms with van der Waals surface area (Å²) in [6.45, 7) is 0.467. The highest BCUT2D eigenvalue weighted by Crippen LogP contribution is 2.31. The van der Waals surface area contributed by atoms with E-state index in [0.717, 1.165) is 6.42 Å². The van der Waals surface area contributed by atoms with Crippen molar-refractivity contribution in [1.29, 1.82) is 0 Å². The van der Waals surface area contributed by atoms with Crippen LogP contribution in [0.2, 0.25) is 5.02 Å². The molecule has 1 fully saturated rings. The third kappa shape index (κ3) is 2.60. The molecule has 1 aromatic carbocycles. The molecule has 7 heteroatoms. The highest BCUT2D eigenvalue weighted by Gasteiger charge is 2.27. The Morgan fingerprint density at radius 2 is 2.11 bits per heavy atom. The van der Waals surface area contributed by atoms with E-state index < -0.39 is 10.0 Å². The van der Waals surface area contributed by atoms with E-state index in [4.69, 9.17) is 29.6 Å². The number of rotatable bonds is 2. The molecule has 0 amide bonds. The Morgan fingerprint density at radius 3 is 2.67 bits per heavy atom. The van der Waals surface area contributed by atoms with Crippen LogP contribution in [0.15, 0.2) is 18.2 Å². The Hall–Kier alpha value is -0.850. The van der Waals surface area contributed by atoms with Crippen molar-refractivity contribution >= 4 is 44.5 Å². The van der Waals surface area contributed by atoms with Crippen molar-refractivity contribution in [3.05, 3.63) is 28.8 Å². The normalized spacial score (nSPS) is 18.6. The molecule has 0 saturated carbocycles. The van der Waals surface area contributed by atoms with Gasteiger partial charge in [0.1, 0.15) is 4.99 Å². The van der Waals surface area contributed by atoms with Crippen LogP contribution in [-0.2, 0) is 10.0 Å². The lowest BCUT2D eigenvalue weighted by atomic mass is 10.2. The lowest BCUT2D eigenvalue weighted by Crippen LogP contribution is -2.38. The molecule has 1 heterocycles. The molecule has 2 rings (SSSR count). The van der Waals surface area contributed by atoms with Crippen LogP contribution in [0.1, 0.15) is 18.4 Å². The molecule has 0 bridgehead atoms. The van der Waals surface area contributed by atoms with Crippen LogP contribution < -0.4 is 10.0 Å². The van der Waals surface area contributed by atoms with E-state index in [1.165, 1.54) is 4.31 Å². The third-order valence-electron chi connectivity index (χ3n) is 2.85. The zero-order valence-electron chi connectivity index (χ0n) is 9.60. The highest BCUT2D eigenvalue weighted by molar-refractivity contribution is 7.92. The zero-order valence-corrected chi connectivity index (χ0v) is 12.0. The van der Waals surface area contributed by atoms with Crippen LogP contribution in [0.5, 0.6) is 0 Å². The first-order valence-electron chi connectivity index (χ1n) is 5.51. The first-order valence-corrected chi connectivity index (χ1v) is 7.91. The molecule has 0 spiro atoms. The fourth-order valence-corrected chi connectivity index (χ4v) is 4.04. The number of hydrogen-bond donors (Lipinski definition) is 1. The molecule has 1 aliphatic heterocycles. The van der Waals surface area contributed by atoms with E-state index in [2.05, 4.69) is 0 Å². The monoisotopic (exact) mass is 304 g/mol. The minimum absolute atomic E-state index is 0.167. The van der Waals surface area contributed by atoms with Gasteiger partial charge in [-0.25, -0.2) is 8.42 Å². The predicted octanol–water partition coefficient (Wildman–Crippen LogP) is 1.90. The molecule has 4 nitrogen and oxygen atoms in total. The second-order valence-electron chi connectivity index (χ2n) is 4.13. The summed E-state index contributed by atoms with van der Waals surface area (Å²) in [4.78, 5) is 0.241. The fourth-order valence-electron chi connectivity index (χ4n) is 1.92. The maximum Gasteiger partial charge on any atom is 0.235 e. The molecule has 2 N–H and O–H groups in total. The number of hydrogen-bond acceptors (Lipinski definition) is 3. The van der Waals surface area contributed by atoms with Crippen LogP contribution in [-0.4, -0.2) is 25.7 Å². The summed E-state index contributed by atoms with van der Waals surface area (Å²) in [6.07, 6.45) is 1.54. The SMILES string of the molecule is NC(=S)c1ccc(N2CCCCS2(=O)=O)c(Cl)c1. The molecular formula is C11H13ClN2O2S2. The van der Waals surface area contributed by atoms with Crippen LogP contribution in [0.3, 0.4) is 0 Å². The number of sulfonamides is 1. The number of nitrogens with two attached hydrogens (primary N) is 1. The smallest absolute Gasteiger partial charge is 0.235 e. The fraction of sp³-hybridized carbons (Fsp3) is 0.364. The van der Waals surface area contributed by atoms with E-state index in [0.29, 0.717) is 29.2 Å². The van der Waals surface area contributed by atoms with Crippen molar-refractivity contribution in [2.75, 3.05) is 16.6 Å². The predicted molar refractivity (Wildman–Crippen MR) is 77.7 cm³/mol. The van der Waals surface area contributed by atoms with Crippen molar-refractivity contribution in [2.24, 2.45) is 5.73 Å². The van der Waals surface area contributed by atoms with Crippen LogP contribution >= 0.6 is 23.8 Å². The van der Waals surface area contributed by atoms with E-state index in [9.17, 15) is 8.42 Å². The number of halogens is 1. The van der Waals surface area contributed by atoms with Gasteiger partial charge in [0, 0.05) is 12.1 Å². The molecule has 0 radical (unpaired) electrons. The molecule has 0 aliphatic carbocycles. The second kappa shape index (κ2) is 5.03. The molecule has 0 unspecified atom stereocenters. The quantitative estimate of drug-likeness (QED) is 0.848. The first kappa shape index (κ1) is 13.6. The average molecular weight is 305 g/mol. The van der Waals surface area contributed by atoms with Gasteiger partial charge in [0.25, 0.3) is 0 Å². The van der Waals surface area contributed by atoms with Crippen LogP contribution in [0.4, 0.5) is 5.69 Å². The summed E-state index contributed by atoms with van der Waals surface area (Å²) in [5, 5.41) is 0.353. The lowest BCUT2D eigenvalue weighted by molar-refractivity contribution is 0.574. The molecule has 1 aliphatic rings. The van der Waals surface area contributed by atoms with Gasteiger partial charge in [-0.2, -0.15) is 0 Å². The highest BCUT2D eigenvalue weighted by atomic mass is 35.5. The van der Waals surface area contributed by atoms with Crippen molar-refractivity contribution in [2.45, 2.75) is 12.8 Å². The Morgan fingerprint density at radius 1 is 1.39 bits per heavy atom. The van der Waals surface area contributed by atoms with Gasteiger partial charge in [-0.05, 0) is 31.0 Å². The van der Waals surface area contributed by atoms with E-state index in [1.807, 2.05) is 0 Å². The minimum Gasteiger partial charge on any atom is -0.389 e. The first-order chi connectivity index (χ1) is 8.42. The molecule has 98 valence electrons. The van der Waals surface area contributed by atoms with Crippen LogP contribution in [0, 0.1) is 0 Å². The largest absolute Gasteiger partial charge is 0.389 e. The standard InChI is InChI=1S/C11H13ClN2O2S2/c12-9-7-8(11(13)17)3-4-10(9)14-5-1-2-6-18(14,15)16/h3-4,7H,1-2,5-6H2,(H2,13,17). The van der Waals surface area contributed by atoms with Crippen molar-refractivity contribution in [1.82, 2.24) is 0 Å². The van der Waals surface area contributed by atoms with Crippen molar-refractivity contribution in [3.8, 4) is 0 Å². The summed E-state index contributed by atoms with van der Waals surface area (Å²) < 4.78 is 25.3. The zero-order chi connectivity index (χ0) is 13.3. The number of benzene rings is 1. The lowest BCUT2D eigenvalue weighted by Gasteiger charge is -2.29. The van der Waals surface area contributed by atoms with Gasteiger partial charge in [-0.1, -0.05) is 23.8 Å². The third-order valence-corrected chi connectivity index (χ3v) is 5.24. The number of thiocarbonyl (C=S) groups is 1. The summed E-state index contributed by atoms with van der Waals surface area (Å²) in [7, 11) is -3.25. The van der Waals surface area contributed by atoms with E-state index in [1.54, 1.807) is 18.2 Å². The van der Waals surface area contributed by atoms with Gasteiger partial charge < -0.3 is 5.73 Å². The van der Waals surface area contributed by atoms with Crippen molar-refractivity contribution in [3.63, 3.8) is 0 Å². The molecule has 18 heavy (non-hydrogen) atoms. The Kier molecular flexibility index (Phi) is 3.79. The minimum atomic E-state index is -3.25. The Labute approximate surface area is 117 Å². The summed E-state index contributed by atoms with van der Waals surface area (Å²) >= 11 is 11.0. The molecule has 1 saturated heterocycles. The second-order valence-corrected chi connectivity index (χ2v) is 6.99. The van der Waals surface area contributed by atoms with Gasteiger partial charge in [0.2, 0.25) is 10.0 Å². The molecule has 0 atom stereocenters. The topological polar surface area (TPSA) is 63.4 Å². The number of nitrogens with zero attached hydrogens (tertiary/aromatic N) is 1. The summed E-state index contributed by atoms with van der Waals surface area (Å²) in [6, 6.07) is 4.94. The van der Waals surface area contributed by atoms with E-state index in [-0.39, 0.29) is 10.7 Å². The van der Waals surface area contributed by atoms with Gasteiger partial charge in [-0.15, -0.1) is 0 Å². The molecular weight excluding hydrogens is 292 g/mol. The average Bonchev–Trinajstić information content (AvgIpc) is 2.29. The van der Waals surface area contributed by atoms with Gasteiger partial charge in [0.15, 0.2) is 0 Å². The van der Waals surface area contributed by atoms with Gasteiger partial charge in [-0.3, -0.25) is 4.31 Å². The Balaban J connectivity index is 2.42. The van der Waals surface area contributed by atoms with Crippen molar-refractivity contribution < 1.29 is 8.42 Å². The summed E-state index contributed by atoms with van der Waals surface area (Å²) in [5.41, 5.74) is 6.63. The number of anilines is 1. The molecule has 1 aromatic rings. The molecule has 0 aromatic heterocycles. The van der Waals surface area contributed by atoms with Crippen LogP contribution in [0.25, 0.3) is 0 Å². The van der Waals surface area contributed by atoms with Gasteiger partial charge >= 0.3 is 0 Å². The van der Waals surface area contributed by atoms with Gasteiger partial charge in [0.05, 0.1) is 16.5 Å². The Bertz CT molecular complexity index is 587.